The van der Waals surface area contributed by atoms with E-state index >= 15 is 0 Å². The SMILES string of the molecule is COC1CN(c2nc(C(=O)O)c(C)o2)CCC1N. The van der Waals surface area contributed by atoms with Gasteiger partial charge in [0.1, 0.15) is 5.76 Å². The molecule has 0 amide bonds. The van der Waals surface area contributed by atoms with Crippen LogP contribution in [-0.4, -0.2) is 48.4 Å². The molecule has 1 saturated heterocycles. The summed E-state index contributed by atoms with van der Waals surface area (Å²) in [6.07, 6.45) is 0.654. The first-order valence-corrected chi connectivity index (χ1v) is 5.77. The number of rotatable bonds is 3. The number of aromatic nitrogens is 1. The molecule has 3 N–H and O–H groups in total. The number of hydrogen-bond donors (Lipinski definition) is 2. The van der Waals surface area contributed by atoms with Crippen LogP contribution >= 0.6 is 0 Å². The van der Waals surface area contributed by atoms with E-state index in [9.17, 15) is 4.79 Å². The minimum atomic E-state index is -1.08. The number of oxazole rings is 1. The molecular formula is C11H17N3O4. The number of methoxy groups -OCH3 is 1. The van der Waals surface area contributed by atoms with Crippen molar-refractivity contribution in [1.29, 1.82) is 0 Å². The van der Waals surface area contributed by atoms with E-state index in [2.05, 4.69) is 4.98 Å². The van der Waals surface area contributed by atoms with E-state index in [0.29, 0.717) is 24.9 Å². The average molecular weight is 255 g/mol. The summed E-state index contributed by atoms with van der Waals surface area (Å²) >= 11 is 0. The van der Waals surface area contributed by atoms with E-state index in [1.54, 1.807) is 14.0 Å². The van der Waals surface area contributed by atoms with E-state index in [4.69, 9.17) is 20.0 Å². The highest BCUT2D eigenvalue weighted by Gasteiger charge is 2.30. The zero-order chi connectivity index (χ0) is 13.3. The quantitative estimate of drug-likeness (QED) is 0.797. The summed E-state index contributed by atoms with van der Waals surface area (Å²) in [6.45, 7) is 2.82. The number of carboxylic acid groups (broad SMARTS) is 1. The molecule has 0 spiro atoms. The molecular weight excluding hydrogens is 238 g/mol. The highest BCUT2D eigenvalue weighted by Crippen LogP contribution is 2.22. The number of piperidine rings is 1. The smallest absolute Gasteiger partial charge is 0.358 e. The molecule has 0 aromatic carbocycles. The molecule has 2 atom stereocenters. The summed E-state index contributed by atoms with van der Waals surface area (Å²) in [6, 6.07) is 0.306. The Morgan fingerprint density at radius 3 is 2.94 bits per heavy atom. The molecule has 7 heteroatoms. The third-order valence-electron chi connectivity index (χ3n) is 3.17. The molecule has 2 heterocycles. The molecule has 1 aromatic rings. The lowest BCUT2D eigenvalue weighted by Gasteiger charge is -2.34. The van der Waals surface area contributed by atoms with Gasteiger partial charge in [0.2, 0.25) is 0 Å². The number of anilines is 1. The molecule has 0 radical (unpaired) electrons. The van der Waals surface area contributed by atoms with Gasteiger partial charge in [0.25, 0.3) is 6.01 Å². The molecule has 1 aromatic heterocycles. The first kappa shape index (κ1) is 12.8. The Hall–Kier alpha value is -1.60. The van der Waals surface area contributed by atoms with Crippen LogP contribution in [0.2, 0.25) is 0 Å². The predicted molar refractivity (Wildman–Crippen MR) is 63.8 cm³/mol. The number of nitrogens with two attached hydrogens (primary N) is 1. The Bertz CT molecular complexity index is 445. The standard InChI is InChI=1S/C11H17N3O4/c1-6-9(10(15)16)13-11(18-6)14-4-3-7(12)8(5-14)17-2/h7-8H,3-5,12H2,1-2H3,(H,15,16). The normalized spacial score (nSPS) is 24.3. The number of nitrogens with zero attached hydrogens (tertiary/aromatic N) is 2. The van der Waals surface area contributed by atoms with Gasteiger partial charge in [-0.05, 0) is 13.3 Å². The summed E-state index contributed by atoms with van der Waals surface area (Å²) in [5.41, 5.74) is 5.87. The summed E-state index contributed by atoms with van der Waals surface area (Å²) < 4.78 is 10.7. The molecule has 1 fully saturated rings. The summed E-state index contributed by atoms with van der Waals surface area (Å²) in [5.74, 6) is -0.777. The van der Waals surface area contributed by atoms with Crippen LogP contribution < -0.4 is 10.6 Å². The molecule has 7 nitrogen and oxygen atoms in total. The molecule has 18 heavy (non-hydrogen) atoms. The van der Waals surface area contributed by atoms with Crippen molar-refractivity contribution in [3.05, 3.63) is 11.5 Å². The van der Waals surface area contributed by atoms with Crippen LogP contribution in [0.4, 0.5) is 6.01 Å². The van der Waals surface area contributed by atoms with Gasteiger partial charge < -0.3 is 24.9 Å². The molecule has 1 aliphatic heterocycles. The number of ether oxygens (including phenoxy) is 1. The maximum Gasteiger partial charge on any atom is 0.358 e. The van der Waals surface area contributed by atoms with E-state index in [0.717, 1.165) is 6.42 Å². The molecule has 100 valence electrons. The molecule has 1 aliphatic rings. The van der Waals surface area contributed by atoms with Crippen LogP contribution in [0.3, 0.4) is 0 Å². The summed E-state index contributed by atoms with van der Waals surface area (Å²) in [4.78, 5) is 16.8. The predicted octanol–water partition coefficient (Wildman–Crippen LogP) is 0.234. The largest absolute Gasteiger partial charge is 0.476 e. The highest BCUT2D eigenvalue weighted by atomic mass is 16.5. The van der Waals surface area contributed by atoms with Crippen molar-refractivity contribution < 1.29 is 19.1 Å². The van der Waals surface area contributed by atoms with Gasteiger partial charge in [-0.1, -0.05) is 0 Å². The average Bonchev–Trinajstić information content (AvgIpc) is 2.72. The Balaban J connectivity index is 2.17. The first-order valence-electron chi connectivity index (χ1n) is 5.77. The van der Waals surface area contributed by atoms with Gasteiger partial charge >= 0.3 is 5.97 Å². The number of aryl methyl sites for hydroxylation is 1. The molecule has 0 aliphatic carbocycles. The van der Waals surface area contributed by atoms with Gasteiger partial charge in [-0.25, -0.2) is 4.79 Å². The maximum atomic E-state index is 10.9. The second-order valence-electron chi connectivity index (χ2n) is 4.38. The molecule has 2 unspecified atom stereocenters. The number of carbonyl (C=O) groups is 1. The fourth-order valence-corrected chi connectivity index (χ4v) is 2.07. The van der Waals surface area contributed by atoms with Gasteiger partial charge in [0, 0.05) is 19.7 Å². The van der Waals surface area contributed by atoms with Crippen LogP contribution in [-0.2, 0) is 4.74 Å². The van der Waals surface area contributed by atoms with Crippen molar-refractivity contribution in [3.63, 3.8) is 0 Å². The Labute approximate surface area is 105 Å². The molecule has 0 saturated carbocycles. The van der Waals surface area contributed by atoms with E-state index in [-0.39, 0.29) is 17.8 Å². The highest BCUT2D eigenvalue weighted by molar-refractivity contribution is 5.86. The van der Waals surface area contributed by atoms with Crippen LogP contribution in [0.25, 0.3) is 0 Å². The number of aromatic carboxylic acids is 1. The Morgan fingerprint density at radius 1 is 1.67 bits per heavy atom. The van der Waals surface area contributed by atoms with Crippen molar-refractivity contribution in [2.75, 3.05) is 25.1 Å². The Morgan fingerprint density at radius 2 is 2.39 bits per heavy atom. The fourth-order valence-electron chi connectivity index (χ4n) is 2.07. The van der Waals surface area contributed by atoms with Gasteiger partial charge in [0.15, 0.2) is 5.69 Å². The van der Waals surface area contributed by atoms with Crippen LogP contribution in [0.1, 0.15) is 22.7 Å². The van der Waals surface area contributed by atoms with E-state index in [1.165, 1.54) is 0 Å². The lowest BCUT2D eigenvalue weighted by atomic mass is 10.0. The number of carboxylic acids is 1. The first-order chi connectivity index (χ1) is 8.52. The third-order valence-corrected chi connectivity index (χ3v) is 3.17. The molecule has 0 bridgehead atoms. The zero-order valence-corrected chi connectivity index (χ0v) is 10.4. The Kier molecular flexibility index (Phi) is 3.53. The van der Waals surface area contributed by atoms with Crippen molar-refractivity contribution in [2.24, 2.45) is 5.73 Å². The van der Waals surface area contributed by atoms with Crippen LogP contribution in [0.5, 0.6) is 0 Å². The van der Waals surface area contributed by atoms with Crippen molar-refractivity contribution in [3.8, 4) is 0 Å². The summed E-state index contributed by atoms with van der Waals surface area (Å²) in [5, 5.41) is 8.93. The summed E-state index contributed by atoms with van der Waals surface area (Å²) in [7, 11) is 1.61. The topological polar surface area (TPSA) is 102 Å². The lowest BCUT2D eigenvalue weighted by molar-refractivity contribution is 0.0689. The minimum Gasteiger partial charge on any atom is -0.476 e. The lowest BCUT2D eigenvalue weighted by Crippen LogP contribution is -2.51. The van der Waals surface area contributed by atoms with Crippen molar-refractivity contribution in [2.45, 2.75) is 25.5 Å². The second-order valence-corrected chi connectivity index (χ2v) is 4.38. The van der Waals surface area contributed by atoms with Crippen molar-refractivity contribution >= 4 is 12.0 Å². The zero-order valence-electron chi connectivity index (χ0n) is 10.4. The van der Waals surface area contributed by atoms with Crippen molar-refractivity contribution in [1.82, 2.24) is 4.98 Å². The van der Waals surface area contributed by atoms with Crippen LogP contribution in [0.15, 0.2) is 4.42 Å². The monoisotopic (exact) mass is 255 g/mol. The molecule has 2 rings (SSSR count). The second kappa shape index (κ2) is 4.95. The fraction of sp³-hybridized carbons (Fsp3) is 0.636. The van der Waals surface area contributed by atoms with Gasteiger partial charge in [-0.3, -0.25) is 0 Å². The van der Waals surface area contributed by atoms with E-state index in [1.807, 2.05) is 4.90 Å². The maximum absolute atomic E-state index is 10.9. The minimum absolute atomic E-state index is 0.0127. The van der Waals surface area contributed by atoms with Crippen LogP contribution in [0, 0.1) is 6.92 Å². The van der Waals surface area contributed by atoms with Gasteiger partial charge in [0.05, 0.1) is 12.6 Å². The van der Waals surface area contributed by atoms with E-state index < -0.39 is 5.97 Å². The number of hydrogen-bond acceptors (Lipinski definition) is 6. The van der Waals surface area contributed by atoms with Gasteiger partial charge in [-0.2, -0.15) is 4.98 Å². The van der Waals surface area contributed by atoms with Gasteiger partial charge in [-0.15, -0.1) is 0 Å². The third kappa shape index (κ3) is 2.32.